The van der Waals surface area contributed by atoms with E-state index in [0.29, 0.717) is 34.6 Å². The van der Waals surface area contributed by atoms with Crippen LogP contribution in [0.3, 0.4) is 0 Å². The van der Waals surface area contributed by atoms with E-state index >= 15 is 0 Å². The van der Waals surface area contributed by atoms with Crippen molar-refractivity contribution in [1.82, 2.24) is 4.90 Å². The van der Waals surface area contributed by atoms with Crippen molar-refractivity contribution in [1.29, 1.82) is 0 Å². The molecule has 0 N–H and O–H groups in total. The number of halogens is 1. The number of sulfone groups is 1. The van der Waals surface area contributed by atoms with Crippen molar-refractivity contribution in [3.63, 3.8) is 0 Å². The molecule has 0 aliphatic carbocycles. The number of amides is 1. The van der Waals surface area contributed by atoms with Crippen molar-refractivity contribution in [2.24, 2.45) is 5.92 Å². The summed E-state index contributed by atoms with van der Waals surface area (Å²) in [4.78, 5) is 28.8. The summed E-state index contributed by atoms with van der Waals surface area (Å²) < 4.78 is 42.0. The molecule has 1 fully saturated rings. The first kappa shape index (κ1) is 24.6. The van der Waals surface area contributed by atoms with Gasteiger partial charge in [-0.1, -0.05) is 31.5 Å². The van der Waals surface area contributed by atoms with Crippen molar-refractivity contribution < 1.29 is 27.1 Å². The second-order valence-electron chi connectivity index (χ2n) is 9.60. The van der Waals surface area contributed by atoms with E-state index in [0.717, 1.165) is 0 Å². The van der Waals surface area contributed by atoms with E-state index in [9.17, 15) is 18.0 Å². The second-order valence-corrected chi connectivity index (χ2v) is 12.3. The molecule has 0 bridgehead atoms. The van der Waals surface area contributed by atoms with Crippen LogP contribution >= 0.6 is 11.6 Å². The molecule has 5 rings (SSSR count). The molecule has 0 saturated carbocycles. The zero-order valence-corrected chi connectivity index (χ0v) is 21.7. The molecule has 1 saturated heterocycles. The lowest BCUT2D eigenvalue weighted by molar-refractivity contribution is 0.0662. The number of ether oxygens (including phenoxy) is 2. The first-order valence-electron chi connectivity index (χ1n) is 11.7. The van der Waals surface area contributed by atoms with E-state index in [-0.39, 0.29) is 45.6 Å². The fraction of sp³-hybridized carbons (Fsp3) is 0.385. The van der Waals surface area contributed by atoms with Crippen LogP contribution in [0, 0.1) is 5.92 Å². The van der Waals surface area contributed by atoms with Gasteiger partial charge in [-0.25, -0.2) is 8.42 Å². The molecule has 3 heterocycles. The van der Waals surface area contributed by atoms with Gasteiger partial charge < -0.3 is 18.8 Å². The Morgan fingerprint density at radius 2 is 1.92 bits per heavy atom. The van der Waals surface area contributed by atoms with E-state index < -0.39 is 27.8 Å². The standard InChI is InChI=1S/C26H26ClNO7S/c1-14(2)12-34-20-6-4-15(10-21(20)33-3)23-22-24(29)18-11-16(27)5-7-19(18)35-25(22)26(30)28(23)17-8-9-36(31,32)13-17/h4-7,10-11,14,17,23H,8-9,12-13H2,1-3H3. The summed E-state index contributed by atoms with van der Waals surface area (Å²) in [5.74, 6) is 0.504. The topological polar surface area (TPSA) is 103 Å². The average Bonchev–Trinajstić information content (AvgIpc) is 3.34. The Labute approximate surface area is 213 Å². The fourth-order valence-corrected chi connectivity index (χ4v) is 6.77. The number of carbonyl (C=O) groups is 1. The molecule has 2 aliphatic heterocycles. The van der Waals surface area contributed by atoms with Crippen molar-refractivity contribution in [3.8, 4) is 11.5 Å². The Kier molecular flexibility index (Phi) is 6.24. The molecule has 1 amide bonds. The lowest BCUT2D eigenvalue weighted by atomic mass is 9.97. The molecule has 190 valence electrons. The maximum Gasteiger partial charge on any atom is 0.291 e. The van der Waals surface area contributed by atoms with Crippen molar-refractivity contribution in [2.45, 2.75) is 32.4 Å². The quantitative estimate of drug-likeness (QED) is 0.469. The maximum absolute atomic E-state index is 13.7. The molecule has 2 aromatic carbocycles. The van der Waals surface area contributed by atoms with Crippen LogP contribution in [-0.2, 0) is 9.84 Å². The average molecular weight is 532 g/mol. The Hall–Kier alpha value is -3.04. The number of hydrogen-bond donors (Lipinski definition) is 0. The second kappa shape index (κ2) is 9.12. The summed E-state index contributed by atoms with van der Waals surface area (Å²) in [5, 5.41) is 0.617. The monoisotopic (exact) mass is 531 g/mol. The van der Waals surface area contributed by atoms with Gasteiger partial charge in [0.25, 0.3) is 5.91 Å². The predicted octanol–water partition coefficient (Wildman–Crippen LogP) is 4.22. The minimum absolute atomic E-state index is 0.0191. The van der Waals surface area contributed by atoms with Crippen LogP contribution in [-0.4, -0.2) is 50.5 Å². The minimum atomic E-state index is -3.30. The van der Waals surface area contributed by atoms with Crippen LogP contribution in [0.15, 0.2) is 45.6 Å². The maximum atomic E-state index is 13.7. The highest BCUT2D eigenvalue weighted by Gasteiger charge is 2.48. The number of rotatable bonds is 6. The van der Waals surface area contributed by atoms with Gasteiger partial charge in [0.05, 0.1) is 42.2 Å². The largest absolute Gasteiger partial charge is 0.493 e. The van der Waals surface area contributed by atoms with Gasteiger partial charge in [-0.05, 0) is 48.2 Å². The molecular formula is C26H26ClNO7S. The van der Waals surface area contributed by atoms with Crippen molar-refractivity contribution in [3.05, 3.63) is 68.5 Å². The Morgan fingerprint density at radius 1 is 1.14 bits per heavy atom. The zero-order chi connectivity index (χ0) is 25.8. The van der Waals surface area contributed by atoms with Crippen LogP contribution in [0.2, 0.25) is 5.02 Å². The molecule has 0 spiro atoms. The molecule has 36 heavy (non-hydrogen) atoms. The number of hydrogen-bond acceptors (Lipinski definition) is 7. The predicted molar refractivity (Wildman–Crippen MR) is 136 cm³/mol. The molecule has 8 nitrogen and oxygen atoms in total. The number of methoxy groups -OCH3 is 1. The molecule has 2 aliphatic rings. The van der Waals surface area contributed by atoms with Gasteiger partial charge in [-0.15, -0.1) is 0 Å². The van der Waals surface area contributed by atoms with Gasteiger partial charge in [-0.2, -0.15) is 0 Å². The Morgan fingerprint density at radius 3 is 2.58 bits per heavy atom. The molecular weight excluding hydrogens is 506 g/mol. The molecule has 3 aromatic rings. The Bertz CT molecular complexity index is 1530. The van der Waals surface area contributed by atoms with E-state index in [1.165, 1.54) is 18.1 Å². The van der Waals surface area contributed by atoms with Gasteiger partial charge in [-0.3, -0.25) is 9.59 Å². The molecule has 10 heteroatoms. The third-order valence-corrected chi connectivity index (χ3v) is 8.53. The SMILES string of the molecule is COc1cc(C2c3c(oc4ccc(Cl)cc4c3=O)C(=O)N2C2CCS(=O)(=O)C2)ccc1OCC(C)C. The summed E-state index contributed by atoms with van der Waals surface area (Å²) in [6.07, 6.45) is 0.283. The third kappa shape index (κ3) is 4.24. The summed E-state index contributed by atoms with van der Waals surface area (Å²) >= 11 is 6.14. The van der Waals surface area contributed by atoms with E-state index in [2.05, 4.69) is 0 Å². The first-order chi connectivity index (χ1) is 17.1. The molecule has 2 unspecified atom stereocenters. The molecule has 0 radical (unpaired) electrons. The van der Waals surface area contributed by atoms with Gasteiger partial charge in [0.15, 0.2) is 26.8 Å². The third-order valence-electron chi connectivity index (χ3n) is 6.55. The number of nitrogens with zero attached hydrogens (tertiary/aromatic N) is 1. The minimum Gasteiger partial charge on any atom is -0.493 e. The van der Waals surface area contributed by atoms with Crippen LogP contribution < -0.4 is 14.9 Å². The van der Waals surface area contributed by atoms with E-state index in [1.54, 1.807) is 30.3 Å². The van der Waals surface area contributed by atoms with Crippen LogP contribution in [0.25, 0.3) is 11.0 Å². The van der Waals surface area contributed by atoms with E-state index in [1.807, 2.05) is 13.8 Å². The van der Waals surface area contributed by atoms with Crippen LogP contribution in [0.4, 0.5) is 0 Å². The van der Waals surface area contributed by atoms with Crippen molar-refractivity contribution >= 4 is 38.3 Å². The number of benzene rings is 2. The highest BCUT2D eigenvalue weighted by molar-refractivity contribution is 7.91. The zero-order valence-electron chi connectivity index (χ0n) is 20.1. The lowest BCUT2D eigenvalue weighted by Gasteiger charge is -2.30. The van der Waals surface area contributed by atoms with Gasteiger partial charge >= 0.3 is 0 Å². The van der Waals surface area contributed by atoms with Gasteiger partial charge in [0, 0.05) is 11.1 Å². The van der Waals surface area contributed by atoms with Crippen LogP contribution in [0.5, 0.6) is 11.5 Å². The number of fused-ring (bicyclic) bond motifs is 2. The smallest absolute Gasteiger partial charge is 0.291 e. The highest BCUT2D eigenvalue weighted by atomic mass is 35.5. The fourth-order valence-electron chi connectivity index (χ4n) is 4.89. The summed E-state index contributed by atoms with van der Waals surface area (Å²) in [6.45, 7) is 4.56. The summed E-state index contributed by atoms with van der Waals surface area (Å²) in [6, 6.07) is 8.43. The normalized spacial score (nSPS) is 20.8. The Balaban J connectivity index is 1.69. The van der Waals surface area contributed by atoms with Crippen molar-refractivity contribution in [2.75, 3.05) is 25.2 Å². The summed E-state index contributed by atoms with van der Waals surface area (Å²) in [7, 11) is -1.79. The summed E-state index contributed by atoms with van der Waals surface area (Å²) in [5.41, 5.74) is 0.617. The molecule has 1 aromatic heterocycles. The lowest BCUT2D eigenvalue weighted by Crippen LogP contribution is -2.40. The number of carbonyl (C=O) groups excluding carboxylic acids is 1. The van der Waals surface area contributed by atoms with Gasteiger partial charge in [0.1, 0.15) is 5.58 Å². The first-order valence-corrected chi connectivity index (χ1v) is 13.9. The van der Waals surface area contributed by atoms with Gasteiger partial charge in [0.2, 0.25) is 5.76 Å². The highest BCUT2D eigenvalue weighted by Crippen LogP contribution is 2.43. The van der Waals surface area contributed by atoms with E-state index in [4.69, 9.17) is 25.5 Å². The van der Waals surface area contributed by atoms with Crippen LogP contribution in [0.1, 0.15) is 48.0 Å². The molecule has 2 atom stereocenters.